The molecule has 0 aliphatic heterocycles. The number of H-pyrrole nitrogens is 1. The Balaban J connectivity index is 2.31. The molecule has 4 nitrogen and oxygen atoms in total. The lowest BCUT2D eigenvalue weighted by atomic mass is 10.1. The van der Waals surface area contributed by atoms with E-state index in [1.54, 1.807) is 13.3 Å². The van der Waals surface area contributed by atoms with Gasteiger partial charge in [-0.25, -0.2) is 4.98 Å². The van der Waals surface area contributed by atoms with E-state index in [0.717, 1.165) is 33.1 Å². The van der Waals surface area contributed by atoms with Gasteiger partial charge in [-0.2, -0.15) is 0 Å². The van der Waals surface area contributed by atoms with Crippen LogP contribution in [0.2, 0.25) is 0 Å². The molecule has 0 amide bonds. The second-order valence-corrected chi connectivity index (χ2v) is 5.45. The van der Waals surface area contributed by atoms with Crippen molar-refractivity contribution in [3.8, 4) is 18.1 Å². The maximum Gasteiger partial charge on any atom is 0.120 e. The molecule has 0 atom stereocenters. The Morgan fingerprint density at radius 3 is 2.82 bits per heavy atom. The van der Waals surface area contributed by atoms with Crippen molar-refractivity contribution in [3.05, 3.63) is 35.7 Å². The molecular formula is C18H18N2O2. The van der Waals surface area contributed by atoms with Gasteiger partial charge in [0.25, 0.3) is 0 Å². The molecule has 0 spiro atoms. The second-order valence-electron chi connectivity index (χ2n) is 5.45. The Morgan fingerprint density at radius 2 is 2.14 bits per heavy atom. The Kier molecular flexibility index (Phi) is 3.74. The molecule has 0 bridgehead atoms. The van der Waals surface area contributed by atoms with E-state index >= 15 is 0 Å². The fourth-order valence-corrected chi connectivity index (χ4v) is 2.69. The summed E-state index contributed by atoms with van der Waals surface area (Å²) in [7, 11) is 1.65. The highest BCUT2D eigenvalue weighted by Crippen LogP contribution is 2.32. The van der Waals surface area contributed by atoms with E-state index in [2.05, 4.69) is 15.9 Å². The van der Waals surface area contributed by atoms with Gasteiger partial charge in [-0.1, -0.05) is 0 Å². The molecule has 0 aliphatic rings. The predicted molar refractivity (Wildman–Crippen MR) is 88.0 cm³/mol. The second kappa shape index (κ2) is 5.70. The number of aromatic amines is 1. The van der Waals surface area contributed by atoms with E-state index in [4.69, 9.17) is 15.9 Å². The quantitative estimate of drug-likeness (QED) is 0.747. The zero-order valence-electron chi connectivity index (χ0n) is 12.9. The third-order valence-corrected chi connectivity index (χ3v) is 3.51. The number of aromatic nitrogens is 2. The first-order chi connectivity index (χ1) is 10.6. The Labute approximate surface area is 129 Å². The Morgan fingerprint density at radius 1 is 1.32 bits per heavy atom. The molecule has 0 radical (unpaired) electrons. The van der Waals surface area contributed by atoms with Crippen LogP contribution >= 0.6 is 0 Å². The highest BCUT2D eigenvalue weighted by atomic mass is 16.5. The predicted octanol–water partition coefficient (Wildman–Crippen LogP) is 3.63. The summed E-state index contributed by atoms with van der Waals surface area (Å²) in [5.41, 5.74) is 3.52. The van der Waals surface area contributed by atoms with E-state index in [1.807, 2.05) is 32.0 Å². The largest absolute Gasteiger partial charge is 0.491 e. The van der Waals surface area contributed by atoms with Crippen LogP contribution in [0.15, 0.2) is 24.4 Å². The van der Waals surface area contributed by atoms with Crippen LogP contribution in [0.5, 0.6) is 5.75 Å². The number of hydrogen-bond acceptors (Lipinski definition) is 3. The normalized spacial score (nSPS) is 11.2. The number of hydrogen-bond donors (Lipinski definition) is 1. The van der Waals surface area contributed by atoms with Gasteiger partial charge in [0.2, 0.25) is 0 Å². The fraction of sp³-hybridized carbons (Fsp3) is 0.278. The lowest BCUT2D eigenvalue weighted by molar-refractivity contribution is 0.185. The van der Waals surface area contributed by atoms with Crippen LogP contribution in [0.1, 0.15) is 25.1 Å². The molecule has 0 saturated carbocycles. The molecule has 112 valence electrons. The molecule has 1 aromatic carbocycles. The third kappa shape index (κ3) is 2.40. The van der Waals surface area contributed by atoms with Crippen LogP contribution < -0.4 is 4.74 Å². The van der Waals surface area contributed by atoms with E-state index in [0.29, 0.717) is 12.3 Å². The van der Waals surface area contributed by atoms with Crippen molar-refractivity contribution in [3.63, 3.8) is 0 Å². The lowest BCUT2D eigenvalue weighted by Gasteiger charge is -2.10. The average molecular weight is 294 g/mol. The molecule has 2 heterocycles. The molecule has 22 heavy (non-hydrogen) atoms. The van der Waals surface area contributed by atoms with Crippen LogP contribution in [0.25, 0.3) is 21.8 Å². The molecule has 3 aromatic rings. The highest BCUT2D eigenvalue weighted by Gasteiger charge is 2.14. The number of nitrogens with zero attached hydrogens (tertiary/aromatic N) is 1. The van der Waals surface area contributed by atoms with Gasteiger partial charge in [0.15, 0.2) is 0 Å². The Hall–Kier alpha value is -2.51. The summed E-state index contributed by atoms with van der Waals surface area (Å²) in [6.07, 6.45) is 7.48. The van der Waals surface area contributed by atoms with Crippen LogP contribution in [0, 0.1) is 12.3 Å². The monoisotopic (exact) mass is 294 g/mol. The van der Waals surface area contributed by atoms with E-state index in [-0.39, 0.29) is 6.10 Å². The first kappa shape index (κ1) is 14.4. The molecule has 3 rings (SSSR count). The van der Waals surface area contributed by atoms with E-state index < -0.39 is 0 Å². The van der Waals surface area contributed by atoms with E-state index in [1.165, 1.54) is 0 Å². The van der Waals surface area contributed by atoms with Gasteiger partial charge in [-0.05, 0) is 38.0 Å². The van der Waals surface area contributed by atoms with Crippen LogP contribution in [-0.2, 0) is 11.3 Å². The zero-order valence-corrected chi connectivity index (χ0v) is 12.9. The molecular weight excluding hydrogens is 276 g/mol. The number of nitrogens with one attached hydrogen (secondary N) is 1. The summed E-state index contributed by atoms with van der Waals surface area (Å²) >= 11 is 0. The van der Waals surface area contributed by atoms with Gasteiger partial charge in [0, 0.05) is 29.0 Å². The van der Waals surface area contributed by atoms with Gasteiger partial charge in [-0.15, -0.1) is 6.42 Å². The smallest absolute Gasteiger partial charge is 0.120 e. The number of methoxy groups -OCH3 is 1. The molecule has 2 aromatic heterocycles. The van der Waals surface area contributed by atoms with Crippen molar-refractivity contribution in [2.45, 2.75) is 26.6 Å². The maximum absolute atomic E-state index is 5.80. The minimum Gasteiger partial charge on any atom is -0.491 e. The lowest BCUT2D eigenvalue weighted by Crippen LogP contribution is -2.05. The van der Waals surface area contributed by atoms with Crippen molar-refractivity contribution in [2.75, 3.05) is 7.11 Å². The molecule has 0 aliphatic carbocycles. The van der Waals surface area contributed by atoms with Crippen molar-refractivity contribution in [1.82, 2.24) is 9.97 Å². The van der Waals surface area contributed by atoms with Gasteiger partial charge in [0.05, 0.1) is 24.4 Å². The van der Waals surface area contributed by atoms with Crippen molar-refractivity contribution in [2.24, 2.45) is 0 Å². The summed E-state index contributed by atoms with van der Waals surface area (Å²) in [5, 5.41) is 2.12. The average Bonchev–Trinajstić information content (AvgIpc) is 2.85. The van der Waals surface area contributed by atoms with Gasteiger partial charge in [0.1, 0.15) is 11.4 Å². The first-order valence-corrected chi connectivity index (χ1v) is 7.19. The van der Waals surface area contributed by atoms with Crippen molar-refractivity contribution in [1.29, 1.82) is 0 Å². The number of fused-ring (bicyclic) bond motifs is 3. The van der Waals surface area contributed by atoms with Crippen LogP contribution in [0.4, 0.5) is 0 Å². The topological polar surface area (TPSA) is 47.1 Å². The third-order valence-electron chi connectivity index (χ3n) is 3.51. The number of ether oxygens (including phenoxy) is 2. The molecule has 0 fully saturated rings. The standard InChI is InChI=1S/C18H18N2O2/c1-5-15-14(10-21-4)18-13-8-12(22-11(2)3)6-7-16(13)20-17(18)9-19-15/h1,6-9,11,20H,10H2,2-4H3. The molecule has 1 N–H and O–H groups in total. The number of terminal acetylenes is 1. The number of rotatable bonds is 4. The summed E-state index contributed by atoms with van der Waals surface area (Å²) in [6, 6.07) is 6.01. The fourth-order valence-electron chi connectivity index (χ4n) is 2.69. The minimum atomic E-state index is 0.129. The SMILES string of the molecule is C#Cc1ncc2[nH]c3ccc(OC(C)C)cc3c2c1COC. The summed E-state index contributed by atoms with van der Waals surface area (Å²) in [4.78, 5) is 7.70. The van der Waals surface area contributed by atoms with Crippen molar-refractivity contribution >= 4 is 21.8 Å². The summed E-state index contributed by atoms with van der Waals surface area (Å²) in [5.74, 6) is 3.48. The highest BCUT2D eigenvalue weighted by molar-refractivity contribution is 6.09. The number of pyridine rings is 1. The summed E-state index contributed by atoms with van der Waals surface area (Å²) in [6.45, 7) is 4.44. The minimum absolute atomic E-state index is 0.129. The molecule has 0 unspecified atom stereocenters. The zero-order chi connectivity index (χ0) is 15.7. The van der Waals surface area contributed by atoms with Gasteiger partial charge in [-0.3, -0.25) is 0 Å². The number of benzene rings is 1. The van der Waals surface area contributed by atoms with Gasteiger partial charge >= 0.3 is 0 Å². The van der Waals surface area contributed by atoms with Gasteiger partial charge < -0.3 is 14.5 Å². The van der Waals surface area contributed by atoms with Crippen LogP contribution in [0.3, 0.4) is 0 Å². The Bertz CT molecular complexity index is 872. The van der Waals surface area contributed by atoms with Crippen molar-refractivity contribution < 1.29 is 9.47 Å². The maximum atomic E-state index is 5.80. The molecule has 0 saturated heterocycles. The van der Waals surface area contributed by atoms with Crippen LogP contribution in [-0.4, -0.2) is 23.2 Å². The van der Waals surface area contributed by atoms with E-state index in [9.17, 15) is 0 Å². The first-order valence-electron chi connectivity index (χ1n) is 7.19. The summed E-state index contributed by atoms with van der Waals surface area (Å²) < 4.78 is 11.1. The molecule has 4 heteroatoms.